The van der Waals surface area contributed by atoms with Gasteiger partial charge in [0.05, 0.1) is 5.75 Å². The Bertz CT molecular complexity index is 899. The molecule has 31 heavy (non-hydrogen) atoms. The van der Waals surface area contributed by atoms with Crippen LogP contribution in [0.4, 0.5) is 4.39 Å². The fourth-order valence-electron chi connectivity index (χ4n) is 3.93. The Balaban J connectivity index is 1.66. The fourth-order valence-corrected chi connectivity index (χ4v) is 4.82. The standard InChI is InChI=1S/C25H31FN2O2S/c1-18-8-7-9-20(14-18)15-28(19(2)25(30)27-22-11-4-5-12-22)24(29)17-31-16-21-10-3-6-13-23(21)26/h3,6-10,13-14,19,22H,4-5,11-12,15-17H2,1-2H3,(H,27,30). The molecule has 0 aromatic heterocycles. The molecule has 0 bridgehead atoms. The van der Waals surface area contributed by atoms with E-state index >= 15 is 0 Å². The number of halogens is 1. The normalized spacial score (nSPS) is 14.9. The van der Waals surface area contributed by atoms with Crippen LogP contribution in [0.1, 0.15) is 49.3 Å². The van der Waals surface area contributed by atoms with Gasteiger partial charge in [-0.15, -0.1) is 11.8 Å². The first-order valence-corrected chi connectivity index (χ1v) is 12.1. The van der Waals surface area contributed by atoms with E-state index in [9.17, 15) is 14.0 Å². The number of nitrogens with one attached hydrogen (secondary N) is 1. The Morgan fingerprint density at radius 3 is 2.61 bits per heavy atom. The van der Waals surface area contributed by atoms with E-state index in [2.05, 4.69) is 5.32 Å². The second kappa shape index (κ2) is 11.3. The van der Waals surface area contributed by atoms with Crippen LogP contribution in [0, 0.1) is 12.7 Å². The zero-order valence-electron chi connectivity index (χ0n) is 18.3. The van der Waals surface area contributed by atoms with E-state index in [-0.39, 0.29) is 29.4 Å². The third-order valence-electron chi connectivity index (χ3n) is 5.75. The molecular formula is C25H31FN2O2S. The number of nitrogens with zero attached hydrogens (tertiary/aromatic N) is 1. The van der Waals surface area contributed by atoms with Crippen molar-refractivity contribution in [2.24, 2.45) is 0 Å². The summed E-state index contributed by atoms with van der Waals surface area (Å²) >= 11 is 1.37. The Labute approximate surface area is 188 Å². The second-order valence-electron chi connectivity index (χ2n) is 8.26. The first-order valence-electron chi connectivity index (χ1n) is 10.9. The summed E-state index contributed by atoms with van der Waals surface area (Å²) in [4.78, 5) is 27.6. The summed E-state index contributed by atoms with van der Waals surface area (Å²) in [6.07, 6.45) is 4.28. The van der Waals surface area contributed by atoms with Crippen molar-refractivity contribution in [2.45, 2.75) is 63.9 Å². The number of thioether (sulfide) groups is 1. The van der Waals surface area contributed by atoms with Crippen LogP contribution in [0.3, 0.4) is 0 Å². The van der Waals surface area contributed by atoms with E-state index < -0.39 is 6.04 Å². The molecule has 1 aliphatic rings. The monoisotopic (exact) mass is 442 g/mol. The summed E-state index contributed by atoms with van der Waals surface area (Å²) < 4.78 is 13.9. The molecule has 3 rings (SSSR count). The number of amides is 2. The van der Waals surface area contributed by atoms with Crippen molar-refractivity contribution in [3.05, 3.63) is 71.0 Å². The zero-order valence-corrected chi connectivity index (χ0v) is 19.1. The predicted molar refractivity (Wildman–Crippen MR) is 124 cm³/mol. The molecule has 0 heterocycles. The third kappa shape index (κ3) is 6.82. The average Bonchev–Trinajstić information content (AvgIpc) is 3.26. The highest BCUT2D eigenvalue weighted by Gasteiger charge is 2.28. The largest absolute Gasteiger partial charge is 0.352 e. The van der Waals surface area contributed by atoms with Gasteiger partial charge in [-0.1, -0.05) is 60.9 Å². The summed E-state index contributed by atoms with van der Waals surface area (Å²) in [6.45, 7) is 4.18. The molecule has 0 radical (unpaired) electrons. The van der Waals surface area contributed by atoms with E-state index in [1.165, 1.54) is 17.8 Å². The van der Waals surface area contributed by atoms with Gasteiger partial charge in [-0.3, -0.25) is 9.59 Å². The van der Waals surface area contributed by atoms with Gasteiger partial charge < -0.3 is 10.2 Å². The first-order chi connectivity index (χ1) is 14.9. The molecule has 1 saturated carbocycles. The van der Waals surface area contributed by atoms with E-state index in [0.717, 1.165) is 36.8 Å². The number of hydrogen-bond acceptors (Lipinski definition) is 3. The highest BCUT2D eigenvalue weighted by atomic mass is 32.2. The van der Waals surface area contributed by atoms with Crippen LogP contribution < -0.4 is 5.32 Å². The van der Waals surface area contributed by atoms with Gasteiger partial charge in [-0.2, -0.15) is 0 Å². The van der Waals surface area contributed by atoms with Crippen molar-refractivity contribution in [3.63, 3.8) is 0 Å². The lowest BCUT2D eigenvalue weighted by Crippen LogP contribution is -2.50. The maximum Gasteiger partial charge on any atom is 0.242 e. The number of carbonyl (C=O) groups is 2. The van der Waals surface area contributed by atoms with Crippen molar-refractivity contribution in [2.75, 3.05) is 5.75 Å². The zero-order chi connectivity index (χ0) is 22.2. The molecule has 1 atom stereocenters. The maximum absolute atomic E-state index is 13.9. The number of hydrogen-bond donors (Lipinski definition) is 1. The van der Waals surface area contributed by atoms with Crippen LogP contribution >= 0.6 is 11.8 Å². The highest BCUT2D eigenvalue weighted by molar-refractivity contribution is 7.99. The summed E-state index contributed by atoms with van der Waals surface area (Å²) in [5.41, 5.74) is 2.69. The van der Waals surface area contributed by atoms with Gasteiger partial charge in [0, 0.05) is 18.3 Å². The molecule has 4 nitrogen and oxygen atoms in total. The summed E-state index contributed by atoms with van der Waals surface area (Å²) in [7, 11) is 0. The number of carbonyl (C=O) groups excluding carboxylic acids is 2. The second-order valence-corrected chi connectivity index (χ2v) is 9.25. The van der Waals surface area contributed by atoms with E-state index in [4.69, 9.17) is 0 Å². The predicted octanol–water partition coefficient (Wildman–Crippen LogP) is 4.84. The fraction of sp³-hybridized carbons (Fsp3) is 0.440. The number of rotatable bonds is 9. The Morgan fingerprint density at radius 2 is 1.90 bits per heavy atom. The van der Waals surface area contributed by atoms with Crippen LogP contribution in [-0.4, -0.2) is 34.6 Å². The van der Waals surface area contributed by atoms with Crippen LogP contribution in [0.5, 0.6) is 0 Å². The summed E-state index contributed by atoms with van der Waals surface area (Å²) in [6, 6.07) is 14.2. The minimum atomic E-state index is -0.567. The van der Waals surface area contributed by atoms with Crippen molar-refractivity contribution in [3.8, 4) is 0 Å². The topological polar surface area (TPSA) is 49.4 Å². The van der Waals surface area contributed by atoms with Crippen molar-refractivity contribution in [1.82, 2.24) is 10.2 Å². The Hall–Kier alpha value is -2.34. The molecule has 6 heteroatoms. The molecule has 0 spiro atoms. The van der Waals surface area contributed by atoms with E-state index in [1.54, 1.807) is 30.0 Å². The summed E-state index contributed by atoms with van der Waals surface area (Å²) in [5.74, 6) is 0.132. The quantitative estimate of drug-likeness (QED) is 0.604. The Kier molecular flexibility index (Phi) is 8.52. The lowest BCUT2D eigenvalue weighted by atomic mass is 10.1. The van der Waals surface area contributed by atoms with Gasteiger partial charge in [0.25, 0.3) is 0 Å². The van der Waals surface area contributed by atoms with Gasteiger partial charge in [-0.05, 0) is 43.9 Å². The van der Waals surface area contributed by atoms with E-state index in [1.807, 2.05) is 31.2 Å². The van der Waals surface area contributed by atoms with Gasteiger partial charge in [0.15, 0.2) is 0 Å². The van der Waals surface area contributed by atoms with Crippen molar-refractivity contribution in [1.29, 1.82) is 0 Å². The maximum atomic E-state index is 13.9. The van der Waals surface area contributed by atoms with Gasteiger partial charge in [0.1, 0.15) is 11.9 Å². The molecule has 1 unspecified atom stereocenters. The molecule has 0 saturated heterocycles. The average molecular weight is 443 g/mol. The van der Waals surface area contributed by atoms with Crippen LogP contribution in [-0.2, 0) is 21.9 Å². The molecule has 2 amide bonds. The first kappa shape index (κ1) is 23.3. The minimum absolute atomic E-state index is 0.105. The number of aryl methyl sites for hydroxylation is 1. The molecule has 0 aliphatic heterocycles. The molecule has 1 aliphatic carbocycles. The lowest BCUT2D eigenvalue weighted by Gasteiger charge is -2.30. The number of benzene rings is 2. The van der Waals surface area contributed by atoms with Crippen LogP contribution in [0.25, 0.3) is 0 Å². The lowest BCUT2D eigenvalue weighted by molar-refractivity contribution is -0.138. The van der Waals surface area contributed by atoms with Gasteiger partial charge in [-0.25, -0.2) is 4.39 Å². The van der Waals surface area contributed by atoms with Gasteiger partial charge in [0.2, 0.25) is 11.8 Å². The SMILES string of the molecule is Cc1cccc(CN(C(=O)CSCc2ccccc2F)C(C)C(=O)NC2CCCC2)c1. The smallest absolute Gasteiger partial charge is 0.242 e. The van der Waals surface area contributed by atoms with Crippen LogP contribution in [0.15, 0.2) is 48.5 Å². The molecule has 166 valence electrons. The molecule has 1 fully saturated rings. The van der Waals surface area contributed by atoms with Crippen molar-refractivity contribution >= 4 is 23.6 Å². The van der Waals surface area contributed by atoms with Crippen LogP contribution in [0.2, 0.25) is 0 Å². The minimum Gasteiger partial charge on any atom is -0.352 e. The molecule has 1 N–H and O–H groups in total. The van der Waals surface area contributed by atoms with Crippen molar-refractivity contribution < 1.29 is 14.0 Å². The van der Waals surface area contributed by atoms with E-state index in [0.29, 0.717) is 17.9 Å². The summed E-state index contributed by atoms with van der Waals surface area (Å²) in [5, 5.41) is 3.11. The molecule has 2 aromatic carbocycles. The Morgan fingerprint density at radius 1 is 1.16 bits per heavy atom. The molecule has 2 aromatic rings. The molecular weight excluding hydrogens is 411 g/mol. The highest BCUT2D eigenvalue weighted by Crippen LogP contribution is 2.20. The van der Waals surface area contributed by atoms with Gasteiger partial charge >= 0.3 is 0 Å². The third-order valence-corrected chi connectivity index (χ3v) is 6.71.